The molecule has 3 aromatic heterocycles. The average Bonchev–Trinajstić information content (AvgIpc) is 2.46. The highest BCUT2D eigenvalue weighted by Gasteiger charge is 2.12. The summed E-state index contributed by atoms with van der Waals surface area (Å²) in [5.41, 5.74) is 7.93. The van der Waals surface area contributed by atoms with Gasteiger partial charge in [0.15, 0.2) is 11.6 Å². The summed E-state index contributed by atoms with van der Waals surface area (Å²) >= 11 is 11.8. The van der Waals surface area contributed by atoms with Crippen molar-refractivity contribution in [2.45, 2.75) is 6.92 Å². The van der Waals surface area contributed by atoms with Gasteiger partial charge in [-0.3, -0.25) is 4.98 Å². The number of hydrogen-bond acceptors (Lipinski definition) is 6. The summed E-state index contributed by atoms with van der Waals surface area (Å²) < 4.78 is 0. The first kappa shape index (κ1) is 14.6. The van der Waals surface area contributed by atoms with Crippen LogP contribution in [0.5, 0.6) is 0 Å². The SMILES string of the molecule is Cc1cc(Cl)cnc1-c1nc(N)nc(-c2ccnc(Cl)c2)n1. The van der Waals surface area contributed by atoms with E-state index in [9.17, 15) is 0 Å². The Hall–Kier alpha value is -2.31. The number of halogens is 2. The van der Waals surface area contributed by atoms with Crippen LogP contribution in [0.1, 0.15) is 5.56 Å². The molecule has 22 heavy (non-hydrogen) atoms. The van der Waals surface area contributed by atoms with Crippen LogP contribution in [-0.2, 0) is 0 Å². The van der Waals surface area contributed by atoms with Gasteiger partial charge in [0.2, 0.25) is 5.95 Å². The van der Waals surface area contributed by atoms with Gasteiger partial charge in [-0.25, -0.2) is 9.97 Å². The fourth-order valence-corrected chi connectivity index (χ4v) is 2.33. The molecule has 110 valence electrons. The van der Waals surface area contributed by atoms with E-state index in [1.165, 1.54) is 6.20 Å². The maximum absolute atomic E-state index is 5.92. The zero-order valence-electron chi connectivity index (χ0n) is 11.5. The molecule has 0 aromatic carbocycles. The minimum absolute atomic E-state index is 0.101. The zero-order chi connectivity index (χ0) is 15.7. The number of nitrogen functional groups attached to an aromatic ring is 1. The Kier molecular flexibility index (Phi) is 3.87. The van der Waals surface area contributed by atoms with Gasteiger partial charge in [0, 0.05) is 18.0 Å². The van der Waals surface area contributed by atoms with Gasteiger partial charge in [-0.05, 0) is 30.7 Å². The fraction of sp³-hybridized carbons (Fsp3) is 0.0714. The molecular formula is C14H10Cl2N6. The number of aromatic nitrogens is 5. The molecule has 8 heteroatoms. The molecule has 2 N–H and O–H groups in total. The normalized spacial score (nSPS) is 10.7. The van der Waals surface area contributed by atoms with E-state index in [1.54, 1.807) is 24.4 Å². The minimum atomic E-state index is 0.101. The van der Waals surface area contributed by atoms with Gasteiger partial charge in [-0.15, -0.1) is 0 Å². The maximum atomic E-state index is 5.92. The van der Waals surface area contributed by atoms with E-state index < -0.39 is 0 Å². The highest BCUT2D eigenvalue weighted by molar-refractivity contribution is 6.30. The predicted octanol–water partition coefficient (Wildman–Crippen LogP) is 3.19. The Bertz CT molecular complexity index is 852. The van der Waals surface area contributed by atoms with E-state index in [2.05, 4.69) is 24.9 Å². The Balaban J connectivity index is 2.14. The lowest BCUT2D eigenvalue weighted by molar-refractivity contribution is 1.06. The van der Waals surface area contributed by atoms with E-state index in [0.29, 0.717) is 33.1 Å². The molecule has 0 saturated carbocycles. The molecule has 0 spiro atoms. The van der Waals surface area contributed by atoms with Crippen LogP contribution in [0.3, 0.4) is 0 Å². The molecule has 3 aromatic rings. The quantitative estimate of drug-likeness (QED) is 0.724. The molecule has 0 amide bonds. The lowest BCUT2D eigenvalue weighted by Crippen LogP contribution is -2.04. The van der Waals surface area contributed by atoms with E-state index in [4.69, 9.17) is 28.9 Å². The Labute approximate surface area is 136 Å². The number of rotatable bonds is 2. The van der Waals surface area contributed by atoms with Gasteiger partial charge in [-0.1, -0.05) is 23.2 Å². The number of pyridine rings is 2. The fourth-order valence-electron chi connectivity index (χ4n) is 1.94. The first-order valence-electron chi connectivity index (χ1n) is 6.29. The van der Waals surface area contributed by atoms with Gasteiger partial charge < -0.3 is 5.73 Å². The lowest BCUT2D eigenvalue weighted by Gasteiger charge is -2.07. The average molecular weight is 333 g/mol. The molecule has 0 fully saturated rings. The topological polar surface area (TPSA) is 90.5 Å². The highest BCUT2D eigenvalue weighted by atomic mass is 35.5. The smallest absolute Gasteiger partial charge is 0.224 e. The van der Waals surface area contributed by atoms with Crippen LogP contribution in [0.15, 0.2) is 30.6 Å². The van der Waals surface area contributed by atoms with Crippen molar-refractivity contribution in [2.75, 3.05) is 5.73 Å². The van der Waals surface area contributed by atoms with Crippen LogP contribution in [0.2, 0.25) is 10.2 Å². The largest absolute Gasteiger partial charge is 0.368 e. The van der Waals surface area contributed by atoms with Crippen molar-refractivity contribution < 1.29 is 0 Å². The standard InChI is InChI=1S/C14H10Cl2N6/c1-7-4-9(15)6-19-11(7)13-20-12(21-14(17)22-13)8-2-3-18-10(16)5-8/h2-6H,1H3,(H2,17,20,21,22). The molecular weight excluding hydrogens is 323 g/mol. The van der Waals surface area contributed by atoms with Gasteiger partial charge in [-0.2, -0.15) is 9.97 Å². The first-order valence-corrected chi connectivity index (χ1v) is 7.04. The van der Waals surface area contributed by atoms with Crippen LogP contribution in [-0.4, -0.2) is 24.9 Å². The molecule has 0 bridgehead atoms. The van der Waals surface area contributed by atoms with E-state index >= 15 is 0 Å². The summed E-state index contributed by atoms with van der Waals surface area (Å²) in [6.45, 7) is 1.87. The van der Waals surface area contributed by atoms with Crippen molar-refractivity contribution in [3.8, 4) is 22.9 Å². The van der Waals surface area contributed by atoms with E-state index in [-0.39, 0.29) is 5.95 Å². The summed E-state index contributed by atoms with van der Waals surface area (Å²) in [5.74, 6) is 0.886. The van der Waals surface area contributed by atoms with Gasteiger partial charge >= 0.3 is 0 Å². The van der Waals surface area contributed by atoms with E-state index in [0.717, 1.165) is 5.56 Å². The highest BCUT2D eigenvalue weighted by Crippen LogP contribution is 2.24. The summed E-state index contributed by atoms with van der Waals surface area (Å²) in [6.07, 6.45) is 3.11. The molecule has 0 saturated heterocycles. The first-order chi connectivity index (χ1) is 10.5. The second-order valence-electron chi connectivity index (χ2n) is 4.53. The molecule has 3 rings (SSSR count). The van der Waals surface area contributed by atoms with Crippen LogP contribution in [0.25, 0.3) is 22.9 Å². The molecule has 0 atom stereocenters. The number of nitrogens with two attached hydrogens (primary N) is 1. The third-order valence-corrected chi connectivity index (χ3v) is 3.31. The van der Waals surface area contributed by atoms with Crippen LogP contribution < -0.4 is 5.73 Å². The second-order valence-corrected chi connectivity index (χ2v) is 5.35. The second kappa shape index (κ2) is 5.82. The molecule has 0 aliphatic rings. The summed E-state index contributed by atoms with van der Waals surface area (Å²) in [4.78, 5) is 20.9. The number of nitrogens with zero attached hydrogens (tertiary/aromatic N) is 5. The van der Waals surface area contributed by atoms with Crippen molar-refractivity contribution in [3.63, 3.8) is 0 Å². The van der Waals surface area contributed by atoms with Crippen molar-refractivity contribution in [3.05, 3.63) is 46.3 Å². The molecule has 0 radical (unpaired) electrons. The summed E-state index contributed by atoms with van der Waals surface area (Å²) in [5, 5.41) is 0.892. The minimum Gasteiger partial charge on any atom is -0.368 e. The van der Waals surface area contributed by atoms with Gasteiger partial charge in [0.1, 0.15) is 10.8 Å². The van der Waals surface area contributed by atoms with Crippen LogP contribution >= 0.6 is 23.2 Å². The monoisotopic (exact) mass is 332 g/mol. The number of aryl methyl sites for hydroxylation is 1. The van der Waals surface area contributed by atoms with Crippen molar-refractivity contribution >= 4 is 29.2 Å². The lowest BCUT2D eigenvalue weighted by atomic mass is 10.2. The Morgan fingerprint density at radius 2 is 1.77 bits per heavy atom. The Morgan fingerprint density at radius 3 is 2.50 bits per heavy atom. The Morgan fingerprint density at radius 1 is 1.00 bits per heavy atom. The molecule has 3 heterocycles. The van der Waals surface area contributed by atoms with E-state index in [1.807, 2.05) is 6.92 Å². The number of hydrogen-bond donors (Lipinski definition) is 1. The summed E-state index contributed by atoms with van der Waals surface area (Å²) in [7, 11) is 0. The summed E-state index contributed by atoms with van der Waals surface area (Å²) in [6, 6.07) is 5.18. The number of anilines is 1. The molecule has 0 aliphatic carbocycles. The van der Waals surface area contributed by atoms with Gasteiger partial charge in [0.25, 0.3) is 0 Å². The zero-order valence-corrected chi connectivity index (χ0v) is 13.0. The third kappa shape index (κ3) is 2.98. The predicted molar refractivity (Wildman–Crippen MR) is 85.5 cm³/mol. The van der Waals surface area contributed by atoms with Crippen molar-refractivity contribution in [1.29, 1.82) is 0 Å². The van der Waals surface area contributed by atoms with Crippen LogP contribution in [0, 0.1) is 6.92 Å². The third-order valence-electron chi connectivity index (χ3n) is 2.89. The maximum Gasteiger partial charge on any atom is 0.224 e. The van der Waals surface area contributed by atoms with Gasteiger partial charge in [0.05, 0.1) is 5.02 Å². The van der Waals surface area contributed by atoms with Crippen LogP contribution in [0.4, 0.5) is 5.95 Å². The van der Waals surface area contributed by atoms with Crippen molar-refractivity contribution in [1.82, 2.24) is 24.9 Å². The molecule has 0 aliphatic heterocycles. The van der Waals surface area contributed by atoms with Crippen molar-refractivity contribution in [2.24, 2.45) is 0 Å². The molecule has 6 nitrogen and oxygen atoms in total. The molecule has 0 unspecified atom stereocenters.